The van der Waals surface area contributed by atoms with Crippen LogP contribution in [0.4, 0.5) is 0 Å². The van der Waals surface area contributed by atoms with Crippen molar-refractivity contribution in [3.05, 3.63) is 17.7 Å². The molecule has 1 fully saturated rings. The monoisotopic (exact) mass is 368 g/mol. The van der Waals surface area contributed by atoms with Crippen molar-refractivity contribution in [2.75, 3.05) is 53.3 Å². The molecular weight excluding hydrogens is 340 g/mol. The zero-order valence-corrected chi connectivity index (χ0v) is 16.5. The van der Waals surface area contributed by atoms with Crippen molar-refractivity contribution < 1.29 is 19.0 Å². The highest BCUT2D eigenvalue weighted by Crippen LogP contribution is 2.48. The Morgan fingerprint density at radius 1 is 1.12 bits per heavy atom. The van der Waals surface area contributed by atoms with E-state index in [2.05, 4.69) is 18.7 Å². The van der Waals surface area contributed by atoms with Gasteiger partial charge in [0.2, 0.25) is 5.91 Å². The smallest absolute Gasteiger partial charge is 0.233 e. The van der Waals surface area contributed by atoms with Gasteiger partial charge in [-0.05, 0) is 13.1 Å². The molecule has 25 heavy (non-hydrogen) atoms. The van der Waals surface area contributed by atoms with Gasteiger partial charge >= 0.3 is 0 Å². The molecule has 1 unspecified atom stereocenters. The lowest BCUT2D eigenvalue weighted by Gasteiger charge is -2.29. The van der Waals surface area contributed by atoms with E-state index in [9.17, 15) is 4.79 Å². The highest BCUT2D eigenvalue weighted by molar-refractivity contribution is 8.00. The van der Waals surface area contributed by atoms with Gasteiger partial charge in [0, 0.05) is 25.2 Å². The van der Waals surface area contributed by atoms with Crippen LogP contribution in [0.15, 0.2) is 12.1 Å². The Hall–Kier alpha value is -1.60. The molecular formula is C18H28N2O4S. The molecule has 1 aliphatic rings. The summed E-state index contributed by atoms with van der Waals surface area (Å²) in [7, 11) is 4.86. The number of thioether (sulfide) groups is 1. The number of nitrogens with zero attached hydrogens (tertiary/aromatic N) is 2. The molecule has 1 atom stereocenters. The van der Waals surface area contributed by atoms with Crippen LogP contribution >= 0.6 is 11.8 Å². The van der Waals surface area contributed by atoms with Gasteiger partial charge in [-0.2, -0.15) is 0 Å². The summed E-state index contributed by atoms with van der Waals surface area (Å²) in [4.78, 5) is 16.7. The third-order valence-electron chi connectivity index (χ3n) is 4.52. The molecule has 0 bridgehead atoms. The van der Waals surface area contributed by atoms with Gasteiger partial charge < -0.3 is 24.0 Å². The number of methoxy groups -OCH3 is 3. The first-order valence-electron chi connectivity index (χ1n) is 8.52. The van der Waals surface area contributed by atoms with Gasteiger partial charge in [-0.1, -0.05) is 13.8 Å². The fourth-order valence-electron chi connectivity index (χ4n) is 3.00. The quantitative estimate of drug-likeness (QED) is 0.668. The van der Waals surface area contributed by atoms with E-state index in [0.29, 0.717) is 29.5 Å². The summed E-state index contributed by atoms with van der Waals surface area (Å²) < 4.78 is 16.5. The molecule has 0 aromatic heterocycles. The van der Waals surface area contributed by atoms with E-state index in [1.165, 1.54) is 0 Å². The minimum atomic E-state index is -0.112. The number of benzene rings is 1. The normalized spacial score (nSPS) is 17.3. The molecule has 0 saturated carbocycles. The Labute approximate surface area is 154 Å². The number of carbonyl (C=O) groups excluding carboxylic acids is 1. The zero-order chi connectivity index (χ0) is 18.4. The lowest BCUT2D eigenvalue weighted by atomic mass is 10.1. The zero-order valence-electron chi connectivity index (χ0n) is 15.7. The first kappa shape index (κ1) is 19.7. The highest BCUT2D eigenvalue weighted by atomic mass is 32.2. The number of amides is 1. The third-order valence-corrected chi connectivity index (χ3v) is 5.74. The summed E-state index contributed by atoms with van der Waals surface area (Å²) >= 11 is 1.61. The second-order valence-electron chi connectivity index (χ2n) is 5.72. The van der Waals surface area contributed by atoms with Gasteiger partial charge in [-0.15, -0.1) is 11.8 Å². The van der Waals surface area contributed by atoms with Gasteiger partial charge in [0.05, 0.1) is 32.6 Å². The van der Waals surface area contributed by atoms with Crippen LogP contribution in [0.3, 0.4) is 0 Å². The molecule has 0 N–H and O–H groups in total. The molecule has 2 rings (SSSR count). The van der Waals surface area contributed by atoms with Crippen molar-refractivity contribution in [2.24, 2.45) is 0 Å². The Morgan fingerprint density at radius 3 is 2.20 bits per heavy atom. The van der Waals surface area contributed by atoms with Gasteiger partial charge in [-0.25, -0.2) is 0 Å². The van der Waals surface area contributed by atoms with E-state index in [-0.39, 0.29) is 11.3 Å². The van der Waals surface area contributed by atoms with E-state index in [4.69, 9.17) is 14.2 Å². The van der Waals surface area contributed by atoms with Crippen molar-refractivity contribution in [3.8, 4) is 17.2 Å². The first-order valence-corrected chi connectivity index (χ1v) is 9.57. The topological polar surface area (TPSA) is 51.2 Å². The number of likely N-dealkylation sites (N-methyl/N-ethyl adjacent to an activating group) is 1. The largest absolute Gasteiger partial charge is 0.496 e. The number of ether oxygens (including phenoxy) is 3. The summed E-state index contributed by atoms with van der Waals surface area (Å²) in [6.07, 6.45) is 0. The molecule has 1 aromatic rings. The maximum absolute atomic E-state index is 12.4. The van der Waals surface area contributed by atoms with Crippen LogP contribution in [0, 0.1) is 0 Å². The average Bonchev–Trinajstić information content (AvgIpc) is 3.01. The van der Waals surface area contributed by atoms with E-state index in [1.54, 1.807) is 33.1 Å². The van der Waals surface area contributed by atoms with Crippen LogP contribution in [0.5, 0.6) is 17.2 Å². The molecule has 1 heterocycles. The maximum Gasteiger partial charge on any atom is 0.233 e. The summed E-state index contributed by atoms with van der Waals surface area (Å²) in [5, 5.41) is -0.112. The maximum atomic E-state index is 12.4. The van der Waals surface area contributed by atoms with Crippen LogP contribution in [0.25, 0.3) is 0 Å². The van der Waals surface area contributed by atoms with Crippen molar-refractivity contribution in [3.63, 3.8) is 0 Å². The molecule has 7 heteroatoms. The summed E-state index contributed by atoms with van der Waals surface area (Å²) in [6.45, 7) is 7.78. The Balaban J connectivity index is 2.33. The Morgan fingerprint density at radius 2 is 1.72 bits per heavy atom. The minimum Gasteiger partial charge on any atom is -0.496 e. The average molecular weight is 368 g/mol. The molecule has 140 valence electrons. The van der Waals surface area contributed by atoms with Gasteiger partial charge in [0.1, 0.15) is 22.6 Å². The molecule has 1 aromatic carbocycles. The first-order chi connectivity index (χ1) is 12.1. The fraction of sp³-hybridized carbons (Fsp3) is 0.611. The van der Waals surface area contributed by atoms with E-state index < -0.39 is 0 Å². The van der Waals surface area contributed by atoms with Gasteiger partial charge in [0.15, 0.2) is 0 Å². The molecule has 1 saturated heterocycles. The number of rotatable bonds is 9. The van der Waals surface area contributed by atoms with Crippen molar-refractivity contribution in [1.29, 1.82) is 0 Å². The lowest BCUT2D eigenvalue weighted by molar-refractivity contribution is -0.128. The highest BCUT2D eigenvalue weighted by Gasteiger charge is 2.36. The predicted octanol–water partition coefficient (Wildman–Crippen LogP) is 2.63. The molecule has 6 nitrogen and oxygen atoms in total. The van der Waals surface area contributed by atoms with Crippen LogP contribution in [-0.2, 0) is 4.79 Å². The minimum absolute atomic E-state index is 0.112. The second-order valence-corrected chi connectivity index (χ2v) is 6.79. The van der Waals surface area contributed by atoms with Crippen molar-refractivity contribution >= 4 is 17.7 Å². The van der Waals surface area contributed by atoms with E-state index in [0.717, 1.165) is 25.2 Å². The molecule has 0 spiro atoms. The van der Waals surface area contributed by atoms with Crippen molar-refractivity contribution in [1.82, 2.24) is 9.80 Å². The Bertz CT molecular complexity index is 567. The lowest BCUT2D eigenvalue weighted by Crippen LogP contribution is -2.37. The predicted molar refractivity (Wildman–Crippen MR) is 101 cm³/mol. The number of carbonyl (C=O) groups is 1. The summed E-state index contributed by atoms with van der Waals surface area (Å²) in [6, 6.07) is 3.67. The molecule has 0 radical (unpaired) electrons. The molecule has 1 amide bonds. The fourth-order valence-corrected chi connectivity index (χ4v) is 4.27. The van der Waals surface area contributed by atoms with Crippen LogP contribution in [0.2, 0.25) is 0 Å². The SMILES string of the molecule is CCN(CC)CCN1C(=O)CSC1c1c(OC)cc(OC)cc1OC. The number of hydrogen-bond acceptors (Lipinski definition) is 6. The summed E-state index contributed by atoms with van der Waals surface area (Å²) in [5.74, 6) is 2.65. The van der Waals surface area contributed by atoms with Gasteiger partial charge in [-0.3, -0.25) is 4.79 Å². The van der Waals surface area contributed by atoms with Crippen LogP contribution in [0.1, 0.15) is 24.8 Å². The third kappa shape index (κ3) is 4.33. The number of hydrogen-bond donors (Lipinski definition) is 0. The van der Waals surface area contributed by atoms with E-state index in [1.807, 2.05) is 17.0 Å². The molecule has 0 aliphatic carbocycles. The summed E-state index contributed by atoms with van der Waals surface area (Å²) in [5.41, 5.74) is 0.890. The molecule has 1 aliphatic heterocycles. The van der Waals surface area contributed by atoms with Crippen LogP contribution in [-0.4, -0.2) is 69.0 Å². The van der Waals surface area contributed by atoms with Gasteiger partial charge in [0.25, 0.3) is 0 Å². The Kier molecular flexibility index (Phi) is 7.25. The second kappa shape index (κ2) is 9.20. The standard InChI is InChI=1S/C18H28N2O4S/c1-6-19(7-2)8-9-20-16(21)12-25-18(20)17-14(23-4)10-13(22-3)11-15(17)24-5/h10-11,18H,6-9,12H2,1-5H3. The van der Waals surface area contributed by atoms with E-state index >= 15 is 0 Å². The van der Waals surface area contributed by atoms with Crippen LogP contribution < -0.4 is 14.2 Å². The van der Waals surface area contributed by atoms with Crippen molar-refractivity contribution in [2.45, 2.75) is 19.2 Å².